The van der Waals surface area contributed by atoms with Crippen molar-refractivity contribution in [3.8, 4) is 0 Å². The number of rotatable bonds is 3. The normalized spacial score (nSPS) is 39.4. The minimum Gasteiger partial charge on any atom is -0.341 e. The molecule has 0 spiro atoms. The first-order chi connectivity index (χ1) is 9.49. The Balaban J connectivity index is 1.62. The Kier molecular flexibility index (Phi) is 3.73. The smallest absolute Gasteiger partial charge is 0.321 e. The van der Waals surface area contributed by atoms with Crippen LogP contribution in [-0.4, -0.2) is 29.0 Å². The molecule has 1 atom stereocenters. The van der Waals surface area contributed by atoms with E-state index in [2.05, 4.69) is 10.6 Å². The third-order valence-electron chi connectivity index (χ3n) is 5.24. The van der Waals surface area contributed by atoms with Crippen LogP contribution in [-0.2, 0) is 4.79 Å². The second-order valence-corrected chi connectivity index (χ2v) is 8.74. The molecule has 0 aromatic carbocycles. The molecule has 0 saturated heterocycles. The predicted molar refractivity (Wildman–Crippen MR) is 80.6 cm³/mol. The van der Waals surface area contributed by atoms with Crippen LogP contribution in [0.1, 0.15) is 45.4 Å². The molecule has 0 unspecified atom stereocenters. The zero-order valence-corrected chi connectivity index (χ0v) is 13.1. The Morgan fingerprint density at radius 2 is 1.60 bits per heavy atom. The number of imide groups is 1. The van der Waals surface area contributed by atoms with E-state index in [9.17, 15) is 9.59 Å². The minimum absolute atomic E-state index is 0.149. The van der Waals surface area contributed by atoms with E-state index in [-0.39, 0.29) is 11.2 Å². The van der Waals surface area contributed by atoms with Gasteiger partial charge in [-0.05, 0) is 63.2 Å². The SMILES string of the molecule is CNC(=O)NC(=O)[C@H](C)SC12CC3CC(CC(C3)C1)C2. The molecule has 4 aliphatic carbocycles. The standard InChI is InChI=1S/C15H24N2O2S/c1-9(13(18)17-14(19)16-2)20-15-6-10-3-11(7-15)5-12(4-10)8-15/h9-12H,3-8H2,1-2H3,(H2,16,17,18,19)/t9-,10?,11?,12?,15?/m0/s1. The van der Waals surface area contributed by atoms with Gasteiger partial charge in [0.25, 0.3) is 0 Å². The predicted octanol–water partition coefficient (Wildman–Crippen LogP) is 2.53. The maximum absolute atomic E-state index is 12.0. The van der Waals surface area contributed by atoms with Gasteiger partial charge in [0.1, 0.15) is 0 Å². The zero-order chi connectivity index (χ0) is 14.3. The highest BCUT2D eigenvalue weighted by Crippen LogP contribution is 2.61. The fraction of sp³-hybridized carbons (Fsp3) is 0.867. The summed E-state index contributed by atoms with van der Waals surface area (Å²) in [5, 5.41) is 4.68. The molecular formula is C15H24N2O2S. The largest absolute Gasteiger partial charge is 0.341 e. The van der Waals surface area contributed by atoms with Gasteiger partial charge in [-0.3, -0.25) is 10.1 Å². The second kappa shape index (κ2) is 5.24. The maximum Gasteiger partial charge on any atom is 0.321 e. The summed E-state index contributed by atoms with van der Waals surface area (Å²) < 4.78 is 0.314. The molecule has 0 aromatic rings. The van der Waals surface area contributed by atoms with Crippen LogP contribution in [0.2, 0.25) is 0 Å². The van der Waals surface area contributed by atoms with Gasteiger partial charge in [-0.2, -0.15) is 0 Å². The summed E-state index contributed by atoms with van der Waals surface area (Å²) in [6.07, 6.45) is 8.08. The highest BCUT2D eigenvalue weighted by atomic mass is 32.2. The van der Waals surface area contributed by atoms with E-state index < -0.39 is 6.03 Å². The van der Waals surface area contributed by atoms with Gasteiger partial charge in [0.05, 0.1) is 5.25 Å². The van der Waals surface area contributed by atoms with Crippen molar-refractivity contribution in [2.24, 2.45) is 17.8 Å². The lowest BCUT2D eigenvalue weighted by atomic mass is 9.56. The van der Waals surface area contributed by atoms with Gasteiger partial charge in [-0.15, -0.1) is 11.8 Å². The van der Waals surface area contributed by atoms with Crippen molar-refractivity contribution >= 4 is 23.7 Å². The molecule has 4 fully saturated rings. The van der Waals surface area contributed by atoms with Crippen molar-refractivity contribution in [2.75, 3.05) is 7.05 Å². The molecule has 0 radical (unpaired) electrons. The van der Waals surface area contributed by atoms with Crippen molar-refractivity contribution in [2.45, 2.75) is 55.4 Å². The van der Waals surface area contributed by atoms with E-state index in [0.717, 1.165) is 17.8 Å². The van der Waals surface area contributed by atoms with E-state index in [1.165, 1.54) is 45.6 Å². The number of thioether (sulfide) groups is 1. The number of hydrogen-bond donors (Lipinski definition) is 2. The molecule has 0 heterocycles. The van der Waals surface area contributed by atoms with Crippen LogP contribution in [0.15, 0.2) is 0 Å². The highest BCUT2D eigenvalue weighted by Gasteiger charge is 2.52. The van der Waals surface area contributed by atoms with E-state index in [0.29, 0.717) is 4.75 Å². The molecule has 4 rings (SSSR count). The average molecular weight is 296 g/mol. The summed E-state index contributed by atoms with van der Waals surface area (Å²) in [6, 6.07) is -0.409. The van der Waals surface area contributed by atoms with Gasteiger partial charge in [0.2, 0.25) is 5.91 Å². The fourth-order valence-corrected chi connectivity index (χ4v) is 6.79. The van der Waals surface area contributed by atoms with Gasteiger partial charge in [0, 0.05) is 11.8 Å². The van der Waals surface area contributed by atoms with Gasteiger partial charge >= 0.3 is 6.03 Å². The molecule has 4 bridgehead atoms. The van der Waals surface area contributed by atoms with Gasteiger partial charge in [-0.1, -0.05) is 0 Å². The molecule has 4 aliphatic rings. The molecule has 5 heteroatoms. The molecule has 20 heavy (non-hydrogen) atoms. The topological polar surface area (TPSA) is 58.2 Å². The molecule has 0 aliphatic heterocycles. The van der Waals surface area contributed by atoms with Gasteiger partial charge in [-0.25, -0.2) is 4.79 Å². The lowest BCUT2D eigenvalue weighted by Gasteiger charge is -2.56. The minimum atomic E-state index is -0.409. The molecule has 0 aromatic heterocycles. The monoisotopic (exact) mass is 296 g/mol. The Morgan fingerprint density at radius 3 is 2.05 bits per heavy atom. The summed E-state index contributed by atoms with van der Waals surface area (Å²) in [6.45, 7) is 1.93. The van der Waals surface area contributed by atoms with Crippen molar-refractivity contribution in [1.82, 2.24) is 10.6 Å². The summed E-state index contributed by atoms with van der Waals surface area (Å²) in [5.41, 5.74) is 0. The third-order valence-corrected chi connectivity index (χ3v) is 6.81. The maximum atomic E-state index is 12.0. The van der Waals surface area contributed by atoms with Crippen LogP contribution in [0.5, 0.6) is 0 Å². The molecule has 112 valence electrons. The molecule has 2 N–H and O–H groups in total. The summed E-state index contributed by atoms with van der Waals surface area (Å²) >= 11 is 1.83. The van der Waals surface area contributed by atoms with Crippen LogP contribution < -0.4 is 10.6 Å². The number of carbonyl (C=O) groups is 2. The molecule has 3 amide bonds. The van der Waals surface area contributed by atoms with Crippen LogP contribution in [0.3, 0.4) is 0 Å². The van der Waals surface area contributed by atoms with E-state index in [4.69, 9.17) is 0 Å². The van der Waals surface area contributed by atoms with E-state index in [1.807, 2.05) is 18.7 Å². The van der Waals surface area contributed by atoms with Crippen molar-refractivity contribution in [1.29, 1.82) is 0 Å². The van der Waals surface area contributed by atoms with Gasteiger partial charge < -0.3 is 5.32 Å². The molecular weight excluding hydrogens is 272 g/mol. The lowest BCUT2D eigenvalue weighted by molar-refractivity contribution is -0.119. The second-order valence-electron chi connectivity index (χ2n) is 6.93. The number of urea groups is 1. The van der Waals surface area contributed by atoms with E-state index >= 15 is 0 Å². The van der Waals surface area contributed by atoms with Crippen LogP contribution >= 0.6 is 11.8 Å². The summed E-state index contributed by atoms with van der Waals surface area (Å²) in [4.78, 5) is 23.3. The number of nitrogens with one attached hydrogen (secondary N) is 2. The lowest BCUT2D eigenvalue weighted by Crippen LogP contribution is -2.50. The van der Waals surface area contributed by atoms with Gasteiger partial charge in [0.15, 0.2) is 0 Å². The molecule has 4 saturated carbocycles. The number of hydrogen-bond acceptors (Lipinski definition) is 3. The first kappa shape index (κ1) is 14.2. The number of amides is 3. The van der Waals surface area contributed by atoms with Crippen molar-refractivity contribution in [3.63, 3.8) is 0 Å². The quantitative estimate of drug-likeness (QED) is 0.841. The Morgan fingerprint density at radius 1 is 1.10 bits per heavy atom. The fourth-order valence-electron chi connectivity index (χ4n) is 4.88. The third kappa shape index (κ3) is 2.69. The van der Waals surface area contributed by atoms with Crippen LogP contribution in [0.4, 0.5) is 4.79 Å². The van der Waals surface area contributed by atoms with Crippen molar-refractivity contribution in [3.05, 3.63) is 0 Å². The number of carbonyl (C=O) groups excluding carboxylic acids is 2. The first-order valence-electron chi connectivity index (χ1n) is 7.70. The zero-order valence-electron chi connectivity index (χ0n) is 12.3. The summed E-state index contributed by atoms with van der Waals surface area (Å²) in [5.74, 6) is 2.51. The Hall–Kier alpha value is -0.710. The Bertz CT molecular complexity index is 389. The Labute approximate surface area is 124 Å². The van der Waals surface area contributed by atoms with Crippen LogP contribution in [0, 0.1) is 17.8 Å². The first-order valence-corrected chi connectivity index (χ1v) is 8.58. The van der Waals surface area contributed by atoms with Crippen LogP contribution in [0.25, 0.3) is 0 Å². The molecule has 4 nitrogen and oxygen atoms in total. The van der Waals surface area contributed by atoms with E-state index in [1.54, 1.807) is 0 Å². The summed E-state index contributed by atoms with van der Waals surface area (Å²) in [7, 11) is 1.53. The average Bonchev–Trinajstić information content (AvgIpc) is 2.36. The van der Waals surface area contributed by atoms with Crippen molar-refractivity contribution < 1.29 is 9.59 Å². The highest BCUT2D eigenvalue weighted by molar-refractivity contribution is 8.01.